The van der Waals surface area contributed by atoms with Crippen molar-refractivity contribution in [1.82, 2.24) is 14.9 Å². The first-order chi connectivity index (χ1) is 8.16. The Balaban J connectivity index is 1.98. The average Bonchev–Trinajstić information content (AvgIpc) is 2.33. The summed E-state index contributed by atoms with van der Waals surface area (Å²) >= 11 is 0. The summed E-state index contributed by atoms with van der Waals surface area (Å²) < 4.78 is 5.30. The van der Waals surface area contributed by atoms with Gasteiger partial charge in [0.05, 0.1) is 24.6 Å². The molecule has 2 heterocycles. The molecule has 1 N–H and O–H groups in total. The molecule has 0 unspecified atom stereocenters. The molecule has 1 aliphatic rings. The molecule has 2 rings (SSSR count). The Labute approximate surface area is 101 Å². The monoisotopic (exact) mass is 237 g/mol. The summed E-state index contributed by atoms with van der Waals surface area (Å²) in [4.78, 5) is 10.8. The quantitative estimate of drug-likeness (QED) is 0.837. The van der Waals surface area contributed by atoms with Crippen LogP contribution in [0.4, 0.5) is 0 Å². The molecule has 5 heteroatoms. The minimum Gasteiger partial charge on any atom is -0.504 e. The standard InChI is InChI=1S/C12H19N3O2/c1-9-12(16)11(14-10(2)13-9)3-4-15-5-7-17-8-6-15/h16H,3-8H2,1-2H3. The van der Waals surface area contributed by atoms with Crippen molar-refractivity contribution in [1.29, 1.82) is 0 Å². The van der Waals surface area contributed by atoms with Gasteiger partial charge >= 0.3 is 0 Å². The summed E-state index contributed by atoms with van der Waals surface area (Å²) in [6.45, 7) is 8.09. The molecule has 1 aromatic heterocycles. The third-order valence-electron chi connectivity index (χ3n) is 3.01. The second-order valence-corrected chi connectivity index (χ2v) is 4.36. The fourth-order valence-corrected chi connectivity index (χ4v) is 2.04. The van der Waals surface area contributed by atoms with Gasteiger partial charge in [-0.1, -0.05) is 0 Å². The number of nitrogens with zero attached hydrogens (tertiary/aromatic N) is 3. The van der Waals surface area contributed by atoms with Crippen LogP contribution in [0.2, 0.25) is 0 Å². The highest BCUT2D eigenvalue weighted by Gasteiger charge is 2.13. The first-order valence-electron chi connectivity index (χ1n) is 6.00. The van der Waals surface area contributed by atoms with Gasteiger partial charge in [0.15, 0.2) is 5.75 Å². The molecule has 17 heavy (non-hydrogen) atoms. The van der Waals surface area contributed by atoms with E-state index < -0.39 is 0 Å². The van der Waals surface area contributed by atoms with Gasteiger partial charge in [0.2, 0.25) is 0 Å². The fourth-order valence-electron chi connectivity index (χ4n) is 2.04. The molecule has 0 spiro atoms. The Morgan fingerprint density at radius 3 is 2.65 bits per heavy atom. The van der Waals surface area contributed by atoms with E-state index in [1.54, 1.807) is 0 Å². The minimum atomic E-state index is 0.240. The highest BCUT2D eigenvalue weighted by atomic mass is 16.5. The fraction of sp³-hybridized carbons (Fsp3) is 0.667. The van der Waals surface area contributed by atoms with Crippen LogP contribution < -0.4 is 0 Å². The largest absolute Gasteiger partial charge is 0.504 e. The third kappa shape index (κ3) is 3.14. The molecule has 0 atom stereocenters. The zero-order valence-electron chi connectivity index (χ0n) is 10.4. The predicted molar refractivity (Wildman–Crippen MR) is 64.1 cm³/mol. The second-order valence-electron chi connectivity index (χ2n) is 4.36. The number of hydrogen-bond acceptors (Lipinski definition) is 5. The van der Waals surface area contributed by atoms with Crippen LogP contribution in [-0.4, -0.2) is 52.8 Å². The van der Waals surface area contributed by atoms with E-state index in [2.05, 4.69) is 14.9 Å². The Morgan fingerprint density at radius 2 is 1.94 bits per heavy atom. The number of rotatable bonds is 3. The van der Waals surface area contributed by atoms with Gasteiger partial charge in [0, 0.05) is 26.1 Å². The van der Waals surface area contributed by atoms with Crippen molar-refractivity contribution in [2.45, 2.75) is 20.3 Å². The molecule has 0 bridgehead atoms. The summed E-state index contributed by atoms with van der Waals surface area (Å²) in [6, 6.07) is 0. The second kappa shape index (κ2) is 5.42. The van der Waals surface area contributed by atoms with Crippen LogP contribution in [0.15, 0.2) is 0 Å². The van der Waals surface area contributed by atoms with Gasteiger partial charge in [-0.15, -0.1) is 0 Å². The van der Waals surface area contributed by atoms with Gasteiger partial charge < -0.3 is 9.84 Å². The van der Waals surface area contributed by atoms with Gasteiger partial charge in [-0.05, 0) is 13.8 Å². The molecular formula is C12H19N3O2. The average molecular weight is 237 g/mol. The molecular weight excluding hydrogens is 218 g/mol. The predicted octanol–water partition coefficient (Wildman–Crippen LogP) is 0.674. The number of morpholine rings is 1. The van der Waals surface area contributed by atoms with E-state index in [1.165, 1.54) is 0 Å². The van der Waals surface area contributed by atoms with Gasteiger partial charge in [0.25, 0.3) is 0 Å². The molecule has 1 saturated heterocycles. The molecule has 5 nitrogen and oxygen atoms in total. The number of aryl methyl sites for hydroxylation is 2. The Kier molecular flexibility index (Phi) is 3.91. The lowest BCUT2D eigenvalue weighted by Crippen LogP contribution is -2.37. The normalized spacial score (nSPS) is 17.3. The van der Waals surface area contributed by atoms with Crippen LogP contribution in [0.25, 0.3) is 0 Å². The Hall–Kier alpha value is -1.20. The number of hydrogen-bond donors (Lipinski definition) is 1. The van der Waals surface area contributed by atoms with Crippen molar-refractivity contribution in [3.05, 3.63) is 17.2 Å². The van der Waals surface area contributed by atoms with Crippen LogP contribution in [0.1, 0.15) is 17.2 Å². The lowest BCUT2D eigenvalue weighted by Gasteiger charge is -2.26. The number of aromatic hydroxyl groups is 1. The summed E-state index contributed by atoms with van der Waals surface area (Å²) in [6.07, 6.45) is 0.760. The molecule has 94 valence electrons. The number of aromatic nitrogens is 2. The highest BCUT2D eigenvalue weighted by molar-refractivity contribution is 5.30. The summed E-state index contributed by atoms with van der Waals surface area (Å²) in [5, 5.41) is 9.88. The topological polar surface area (TPSA) is 58.5 Å². The molecule has 0 aliphatic carbocycles. The summed E-state index contributed by atoms with van der Waals surface area (Å²) in [5.41, 5.74) is 1.41. The molecule has 0 saturated carbocycles. The van der Waals surface area contributed by atoms with E-state index in [9.17, 15) is 5.11 Å². The van der Waals surface area contributed by atoms with Gasteiger partial charge in [-0.3, -0.25) is 4.90 Å². The van der Waals surface area contributed by atoms with Crippen LogP contribution in [-0.2, 0) is 11.2 Å². The van der Waals surface area contributed by atoms with E-state index in [0.29, 0.717) is 5.69 Å². The highest BCUT2D eigenvalue weighted by Crippen LogP contribution is 2.19. The lowest BCUT2D eigenvalue weighted by molar-refractivity contribution is 0.0382. The van der Waals surface area contributed by atoms with Crippen LogP contribution >= 0.6 is 0 Å². The Morgan fingerprint density at radius 1 is 1.24 bits per heavy atom. The van der Waals surface area contributed by atoms with Crippen LogP contribution in [0.5, 0.6) is 5.75 Å². The summed E-state index contributed by atoms with van der Waals surface area (Å²) in [5.74, 6) is 0.959. The smallest absolute Gasteiger partial charge is 0.158 e. The van der Waals surface area contributed by atoms with Crippen molar-refractivity contribution in [3.63, 3.8) is 0 Å². The third-order valence-corrected chi connectivity index (χ3v) is 3.01. The van der Waals surface area contributed by atoms with Gasteiger partial charge in [-0.25, -0.2) is 9.97 Å². The van der Waals surface area contributed by atoms with E-state index in [0.717, 1.165) is 50.8 Å². The molecule has 1 aliphatic heterocycles. The Bertz CT molecular complexity index is 390. The zero-order chi connectivity index (χ0) is 12.3. The van der Waals surface area contributed by atoms with E-state index in [-0.39, 0.29) is 5.75 Å². The minimum absolute atomic E-state index is 0.240. The van der Waals surface area contributed by atoms with Gasteiger partial charge in [0.1, 0.15) is 5.82 Å². The van der Waals surface area contributed by atoms with Crippen LogP contribution in [0.3, 0.4) is 0 Å². The maximum Gasteiger partial charge on any atom is 0.158 e. The van der Waals surface area contributed by atoms with Crippen molar-refractivity contribution in [2.75, 3.05) is 32.8 Å². The van der Waals surface area contributed by atoms with Crippen LogP contribution in [0, 0.1) is 13.8 Å². The molecule has 1 fully saturated rings. The van der Waals surface area contributed by atoms with E-state index >= 15 is 0 Å². The van der Waals surface area contributed by atoms with E-state index in [1.807, 2.05) is 13.8 Å². The molecule has 0 aromatic carbocycles. The van der Waals surface area contributed by atoms with Crippen molar-refractivity contribution in [2.24, 2.45) is 0 Å². The van der Waals surface area contributed by atoms with Crippen molar-refractivity contribution >= 4 is 0 Å². The maximum atomic E-state index is 9.88. The van der Waals surface area contributed by atoms with Crippen molar-refractivity contribution < 1.29 is 9.84 Å². The molecule has 0 amide bonds. The lowest BCUT2D eigenvalue weighted by atomic mass is 10.2. The SMILES string of the molecule is Cc1nc(C)c(O)c(CCN2CCOCC2)n1. The first-order valence-corrected chi connectivity index (χ1v) is 6.00. The van der Waals surface area contributed by atoms with E-state index in [4.69, 9.17) is 4.74 Å². The summed E-state index contributed by atoms with van der Waals surface area (Å²) in [7, 11) is 0. The van der Waals surface area contributed by atoms with Crippen molar-refractivity contribution in [3.8, 4) is 5.75 Å². The number of ether oxygens (including phenoxy) is 1. The molecule has 0 radical (unpaired) electrons. The molecule has 1 aromatic rings. The first kappa shape index (κ1) is 12.3. The maximum absolute atomic E-state index is 9.88. The van der Waals surface area contributed by atoms with Gasteiger partial charge in [-0.2, -0.15) is 0 Å². The zero-order valence-corrected chi connectivity index (χ0v) is 10.4.